The van der Waals surface area contributed by atoms with Gasteiger partial charge in [-0.3, -0.25) is 14.9 Å². The summed E-state index contributed by atoms with van der Waals surface area (Å²) in [6.07, 6.45) is 0.342. The van der Waals surface area contributed by atoms with E-state index in [1.807, 2.05) is 0 Å². The van der Waals surface area contributed by atoms with Gasteiger partial charge in [0.25, 0.3) is 11.6 Å². The van der Waals surface area contributed by atoms with Crippen LogP contribution in [-0.2, 0) is 4.74 Å². The molecule has 1 aromatic carbocycles. The van der Waals surface area contributed by atoms with E-state index in [0.717, 1.165) is 0 Å². The van der Waals surface area contributed by atoms with Crippen LogP contribution in [0.4, 0.5) is 5.69 Å². The van der Waals surface area contributed by atoms with Crippen LogP contribution < -0.4 is 10.1 Å². The number of aliphatic hydroxyl groups excluding tert-OH is 1. The van der Waals surface area contributed by atoms with Crippen LogP contribution in [0.25, 0.3) is 0 Å². The molecule has 0 aliphatic carbocycles. The number of carbonyl (C=O) groups excluding carboxylic acids is 1. The van der Waals surface area contributed by atoms with E-state index in [0.29, 0.717) is 6.42 Å². The topological polar surface area (TPSA) is 111 Å². The molecule has 0 fully saturated rings. The van der Waals surface area contributed by atoms with Crippen molar-refractivity contribution in [2.24, 2.45) is 0 Å². The fourth-order valence-corrected chi connectivity index (χ4v) is 1.80. The van der Waals surface area contributed by atoms with Crippen LogP contribution in [0.3, 0.4) is 0 Å². The van der Waals surface area contributed by atoms with Gasteiger partial charge in [0.1, 0.15) is 5.75 Å². The van der Waals surface area contributed by atoms with Crippen molar-refractivity contribution >= 4 is 11.6 Å². The Morgan fingerprint density at radius 3 is 2.71 bits per heavy atom. The number of rotatable bonds is 8. The highest BCUT2D eigenvalue weighted by molar-refractivity contribution is 5.97. The number of non-ortho nitro benzene ring substituents is 1. The fourth-order valence-electron chi connectivity index (χ4n) is 1.80. The maximum absolute atomic E-state index is 12.2. The van der Waals surface area contributed by atoms with Gasteiger partial charge in [0.2, 0.25) is 0 Å². The van der Waals surface area contributed by atoms with Crippen molar-refractivity contribution in [2.45, 2.75) is 12.5 Å². The van der Waals surface area contributed by atoms with Crippen LogP contribution in [0.5, 0.6) is 5.75 Å². The van der Waals surface area contributed by atoms with E-state index in [-0.39, 0.29) is 36.3 Å². The Morgan fingerprint density at radius 2 is 2.19 bits per heavy atom. The van der Waals surface area contributed by atoms with Crippen LogP contribution in [0.1, 0.15) is 16.8 Å². The number of nitrogens with zero attached hydrogens (tertiary/aromatic N) is 1. The molecule has 0 radical (unpaired) electrons. The van der Waals surface area contributed by atoms with Gasteiger partial charge < -0.3 is 19.9 Å². The monoisotopic (exact) mass is 298 g/mol. The van der Waals surface area contributed by atoms with Gasteiger partial charge in [-0.25, -0.2) is 0 Å². The molecule has 8 heteroatoms. The molecule has 0 aliphatic heterocycles. The molecule has 1 atom stereocenters. The average molecular weight is 298 g/mol. The molecule has 2 N–H and O–H groups in total. The highest BCUT2D eigenvalue weighted by Gasteiger charge is 2.19. The summed E-state index contributed by atoms with van der Waals surface area (Å²) in [4.78, 5) is 22.3. The molecule has 0 aromatic heterocycles. The lowest BCUT2D eigenvalue weighted by molar-refractivity contribution is -0.384. The number of nitro benzene ring substituents is 1. The zero-order chi connectivity index (χ0) is 15.8. The normalized spacial score (nSPS) is 11.8. The van der Waals surface area contributed by atoms with E-state index in [1.165, 1.54) is 32.4 Å². The minimum Gasteiger partial charge on any atom is -0.496 e. The molecule has 1 aromatic rings. The van der Waals surface area contributed by atoms with E-state index >= 15 is 0 Å². The van der Waals surface area contributed by atoms with E-state index in [2.05, 4.69) is 5.32 Å². The molecule has 116 valence electrons. The quantitative estimate of drug-likeness (QED) is 0.540. The second-order valence-corrected chi connectivity index (χ2v) is 4.28. The van der Waals surface area contributed by atoms with Gasteiger partial charge in [0, 0.05) is 19.8 Å². The van der Waals surface area contributed by atoms with Crippen LogP contribution >= 0.6 is 0 Å². The molecule has 8 nitrogen and oxygen atoms in total. The van der Waals surface area contributed by atoms with Crippen molar-refractivity contribution in [3.63, 3.8) is 0 Å². The van der Waals surface area contributed by atoms with Gasteiger partial charge in [0.15, 0.2) is 0 Å². The lowest BCUT2D eigenvalue weighted by Crippen LogP contribution is -2.38. The van der Waals surface area contributed by atoms with Gasteiger partial charge in [-0.1, -0.05) is 0 Å². The summed E-state index contributed by atoms with van der Waals surface area (Å²) in [5.74, 6) is -0.334. The summed E-state index contributed by atoms with van der Waals surface area (Å²) in [5, 5.41) is 22.3. The van der Waals surface area contributed by atoms with Crippen molar-refractivity contribution in [1.82, 2.24) is 5.32 Å². The van der Waals surface area contributed by atoms with Gasteiger partial charge in [-0.2, -0.15) is 0 Å². The Balaban J connectivity index is 2.92. The molecule has 0 spiro atoms. The molecule has 1 unspecified atom stereocenters. The highest BCUT2D eigenvalue weighted by Crippen LogP contribution is 2.24. The van der Waals surface area contributed by atoms with Crippen LogP contribution in [0.2, 0.25) is 0 Å². The number of nitro groups is 1. The molecule has 0 saturated heterocycles. The van der Waals surface area contributed by atoms with Crippen LogP contribution in [0, 0.1) is 10.1 Å². The van der Waals surface area contributed by atoms with Gasteiger partial charge in [-0.05, 0) is 12.5 Å². The van der Waals surface area contributed by atoms with Crippen LogP contribution in [-0.4, -0.2) is 49.4 Å². The fraction of sp³-hybridized carbons (Fsp3) is 0.462. The summed E-state index contributed by atoms with van der Waals surface area (Å²) < 4.78 is 9.97. The first-order chi connectivity index (χ1) is 10.0. The van der Waals surface area contributed by atoms with E-state index in [9.17, 15) is 14.9 Å². The number of hydrogen-bond acceptors (Lipinski definition) is 6. The molecule has 0 heterocycles. The van der Waals surface area contributed by atoms with Gasteiger partial charge in [-0.15, -0.1) is 0 Å². The Kier molecular flexibility index (Phi) is 6.57. The van der Waals surface area contributed by atoms with Crippen molar-refractivity contribution in [1.29, 1.82) is 0 Å². The Hall–Kier alpha value is -2.19. The van der Waals surface area contributed by atoms with Crippen molar-refractivity contribution in [3.8, 4) is 5.75 Å². The molecule has 0 saturated carbocycles. The number of aliphatic hydroxyl groups is 1. The molecular weight excluding hydrogens is 280 g/mol. The maximum atomic E-state index is 12.2. The number of benzene rings is 1. The standard InChI is InChI=1S/C13H18N2O6/c1-20-8-9(5-6-16)14-13(17)11-4-3-10(15(18)19)7-12(11)21-2/h3-4,7,9,16H,5-6,8H2,1-2H3,(H,14,17). The summed E-state index contributed by atoms with van der Waals surface area (Å²) in [7, 11) is 2.82. The number of ether oxygens (including phenoxy) is 2. The van der Waals surface area contributed by atoms with Gasteiger partial charge in [0.05, 0.1) is 36.3 Å². The summed E-state index contributed by atoms with van der Waals surface area (Å²) in [6, 6.07) is 3.39. The number of methoxy groups -OCH3 is 2. The minimum atomic E-state index is -0.566. The van der Waals surface area contributed by atoms with E-state index < -0.39 is 10.8 Å². The third-order valence-electron chi connectivity index (χ3n) is 2.82. The largest absolute Gasteiger partial charge is 0.496 e. The Bertz CT molecular complexity index is 499. The SMILES string of the molecule is COCC(CCO)NC(=O)c1ccc([N+](=O)[O-])cc1OC. The molecule has 0 bridgehead atoms. The molecule has 21 heavy (non-hydrogen) atoms. The number of carbonyl (C=O) groups is 1. The maximum Gasteiger partial charge on any atom is 0.273 e. The summed E-state index contributed by atoms with van der Waals surface area (Å²) >= 11 is 0. The lowest BCUT2D eigenvalue weighted by atomic mass is 10.1. The average Bonchev–Trinajstić information content (AvgIpc) is 2.46. The summed E-state index contributed by atoms with van der Waals surface area (Å²) in [6.45, 7) is 0.160. The smallest absolute Gasteiger partial charge is 0.273 e. The first kappa shape index (κ1) is 16.9. The molecule has 1 rings (SSSR count). The van der Waals surface area contributed by atoms with Crippen LogP contribution in [0.15, 0.2) is 18.2 Å². The number of amides is 1. The van der Waals surface area contributed by atoms with Crippen molar-refractivity contribution in [2.75, 3.05) is 27.4 Å². The first-order valence-electron chi connectivity index (χ1n) is 6.26. The molecule has 0 aliphatic rings. The minimum absolute atomic E-state index is 0.0916. The van der Waals surface area contributed by atoms with Crippen molar-refractivity contribution < 1.29 is 24.3 Å². The third kappa shape index (κ3) is 4.69. The highest BCUT2D eigenvalue weighted by atomic mass is 16.6. The lowest BCUT2D eigenvalue weighted by Gasteiger charge is -2.17. The first-order valence-corrected chi connectivity index (χ1v) is 6.26. The summed E-state index contributed by atoms with van der Waals surface area (Å²) in [5.41, 5.74) is 0.0225. The third-order valence-corrected chi connectivity index (χ3v) is 2.82. The zero-order valence-corrected chi connectivity index (χ0v) is 11.9. The molecular formula is C13H18N2O6. The Labute approximate surface area is 121 Å². The predicted molar refractivity (Wildman–Crippen MR) is 74.5 cm³/mol. The predicted octanol–water partition coefficient (Wildman–Crippen LogP) is 0.731. The molecule has 1 amide bonds. The second kappa shape index (κ2) is 8.18. The Morgan fingerprint density at radius 1 is 1.48 bits per heavy atom. The number of nitrogens with one attached hydrogen (secondary N) is 1. The van der Waals surface area contributed by atoms with E-state index in [1.54, 1.807) is 0 Å². The van der Waals surface area contributed by atoms with E-state index in [4.69, 9.17) is 14.6 Å². The number of hydrogen-bond donors (Lipinski definition) is 2. The zero-order valence-electron chi connectivity index (χ0n) is 11.9. The second-order valence-electron chi connectivity index (χ2n) is 4.28. The van der Waals surface area contributed by atoms with Crippen molar-refractivity contribution in [3.05, 3.63) is 33.9 Å². The van der Waals surface area contributed by atoms with Gasteiger partial charge >= 0.3 is 0 Å².